The Hall–Kier alpha value is -2.15. The molecule has 2 aromatic rings. The number of aryl methyl sites for hydroxylation is 1. The number of aromatic nitrogens is 1. The van der Waals surface area contributed by atoms with Gasteiger partial charge in [-0.05, 0) is 30.5 Å². The van der Waals surface area contributed by atoms with Gasteiger partial charge in [-0.15, -0.1) is 0 Å². The molecule has 0 amide bonds. The minimum Gasteiger partial charge on any atom is -0.496 e. The predicted octanol–water partition coefficient (Wildman–Crippen LogP) is 3.88. The molecule has 1 aromatic heterocycles. The van der Waals surface area contributed by atoms with E-state index >= 15 is 0 Å². The minimum atomic E-state index is -4.45. The zero-order chi connectivity index (χ0) is 17.0. The van der Waals surface area contributed by atoms with E-state index in [-0.39, 0.29) is 0 Å². The normalized spacial score (nSPS) is 13.0. The van der Waals surface area contributed by atoms with Crippen LogP contribution in [0.3, 0.4) is 0 Å². The maximum Gasteiger partial charge on any atom is 0.433 e. The fourth-order valence-corrected chi connectivity index (χ4v) is 2.21. The van der Waals surface area contributed by atoms with Gasteiger partial charge in [0, 0.05) is 23.9 Å². The van der Waals surface area contributed by atoms with Crippen LogP contribution in [0.15, 0.2) is 36.5 Å². The van der Waals surface area contributed by atoms with Crippen molar-refractivity contribution in [3.63, 3.8) is 0 Å². The highest BCUT2D eigenvalue weighted by Crippen LogP contribution is 2.29. The van der Waals surface area contributed by atoms with Crippen molar-refractivity contribution < 1.29 is 22.3 Å². The molecule has 0 aliphatic rings. The molecule has 2 N–H and O–H groups in total. The van der Waals surface area contributed by atoms with Crippen LogP contribution in [0.2, 0.25) is 0 Å². The molecule has 0 bridgehead atoms. The monoisotopic (exact) mass is 328 g/mol. The Morgan fingerprint density at radius 1 is 1.22 bits per heavy atom. The van der Waals surface area contributed by atoms with E-state index in [1.165, 1.54) is 31.5 Å². The Balaban J connectivity index is 2.03. The zero-order valence-corrected chi connectivity index (χ0v) is 12.4. The van der Waals surface area contributed by atoms with Gasteiger partial charge in [0.15, 0.2) is 0 Å². The molecule has 0 unspecified atom stereocenters. The van der Waals surface area contributed by atoms with Gasteiger partial charge < -0.3 is 10.5 Å². The van der Waals surface area contributed by atoms with Crippen molar-refractivity contribution in [2.45, 2.75) is 25.1 Å². The molecule has 0 saturated carbocycles. The number of nitrogens with zero attached hydrogens (tertiary/aromatic N) is 1. The van der Waals surface area contributed by atoms with Crippen molar-refractivity contribution >= 4 is 0 Å². The smallest absolute Gasteiger partial charge is 0.433 e. The Morgan fingerprint density at radius 3 is 2.52 bits per heavy atom. The molecule has 0 aliphatic carbocycles. The van der Waals surface area contributed by atoms with Crippen LogP contribution in [-0.2, 0) is 12.6 Å². The molecule has 7 heteroatoms. The number of halogens is 4. The number of hydrogen-bond acceptors (Lipinski definition) is 3. The fraction of sp³-hybridized carbons (Fsp3) is 0.312. The van der Waals surface area contributed by atoms with Gasteiger partial charge in [-0.3, -0.25) is 4.98 Å². The Bertz CT molecular complexity index is 656. The molecule has 0 aliphatic heterocycles. The predicted molar refractivity (Wildman–Crippen MR) is 77.4 cm³/mol. The summed E-state index contributed by atoms with van der Waals surface area (Å²) in [6.07, 6.45) is -2.34. The average molecular weight is 328 g/mol. The largest absolute Gasteiger partial charge is 0.496 e. The summed E-state index contributed by atoms with van der Waals surface area (Å²) in [5.41, 5.74) is 6.44. The summed E-state index contributed by atoms with van der Waals surface area (Å²) in [5.74, 6) is -0.0761. The summed E-state index contributed by atoms with van der Waals surface area (Å²) in [6, 6.07) is 5.98. The van der Waals surface area contributed by atoms with E-state index in [0.29, 0.717) is 29.7 Å². The highest BCUT2D eigenvalue weighted by Gasteiger charge is 2.31. The maximum atomic E-state index is 13.2. The van der Waals surface area contributed by atoms with Crippen LogP contribution in [-0.4, -0.2) is 12.1 Å². The van der Waals surface area contributed by atoms with Crippen LogP contribution in [0.1, 0.15) is 29.3 Å². The lowest BCUT2D eigenvalue weighted by Crippen LogP contribution is -2.13. The number of ether oxygens (including phenoxy) is 1. The number of hydrogen-bond donors (Lipinski definition) is 1. The van der Waals surface area contributed by atoms with Crippen LogP contribution < -0.4 is 10.5 Å². The van der Waals surface area contributed by atoms with Gasteiger partial charge in [0.2, 0.25) is 0 Å². The second kappa shape index (κ2) is 6.95. The summed E-state index contributed by atoms with van der Waals surface area (Å²) >= 11 is 0. The highest BCUT2D eigenvalue weighted by atomic mass is 19.4. The van der Waals surface area contributed by atoms with Gasteiger partial charge >= 0.3 is 6.18 Å². The third kappa shape index (κ3) is 4.41. The van der Waals surface area contributed by atoms with Crippen molar-refractivity contribution in [2.75, 3.05) is 7.11 Å². The molecule has 0 saturated heterocycles. The first-order chi connectivity index (χ1) is 10.8. The first-order valence-corrected chi connectivity index (χ1v) is 6.92. The van der Waals surface area contributed by atoms with Crippen molar-refractivity contribution in [1.82, 2.24) is 4.98 Å². The van der Waals surface area contributed by atoms with Gasteiger partial charge in [-0.25, -0.2) is 4.39 Å². The SMILES string of the molecule is COc1cc(F)ccc1[C@@H](N)CCc1ccc(C(F)(F)F)nc1. The van der Waals surface area contributed by atoms with Gasteiger partial charge in [-0.1, -0.05) is 12.1 Å². The second-order valence-electron chi connectivity index (χ2n) is 5.08. The van der Waals surface area contributed by atoms with E-state index < -0.39 is 23.7 Å². The molecule has 0 spiro atoms. The maximum absolute atomic E-state index is 13.2. The molecule has 1 aromatic carbocycles. The highest BCUT2D eigenvalue weighted by molar-refractivity contribution is 5.36. The molecule has 3 nitrogen and oxygen atoms in total. The van der Waals surface area contributed by atoms with Gasteiger partial charge in [0.1, 0.15) is 17.3 Å². The molecule has 124 valence electrons. The van der Waals surface area contributed by atoms with Crippen LogP contribution in [0, 0.1) is 5.82 Å². The third-order valence-corrected chi connectivity index (χ3v) is 3.45. The number of rotatable bonds is 5. The average Bonchev–Trinajstić information content (AvgIpc) is 2.52. The number of pyridine rings is 1. The van der Waals surface area contributed by atoms with E-state index in [4.69, 9.17) is 10.5 Å². The van der Waals surface area contributed by atoms with Crippen molar-refractivity contribution in [3.8, 4) is 5.75 Å². The number of methoxy groups -OCH3 is 1. The molecular weight excluding hydrogens is 312 g/mol. The summed E-state index contributed by atoms with van der Waals surface area (Å²) in [6.45, 7) is 0. The number of nitrogens with two attached hydrogens (primary N) is 1. The number of benzene rings is 1. The van der Waals surface area contributed by atoms with Crippen LogP contribution in [0.5, 0.6) is 5.75 Å². The minimum absolute atomic E-state index is 0.350. The summed E-state index contributed by atoms with van der Waals surface area (Å²) < 4.78 is 55.6. The molecule has 0 radical (unpaired) electrons. The topological polar surface area (TPSA) is 48.1 Å². The Kier molecular flexibility index (Phi) is 5.20. The first kappa shape index (κ1) is 17.2. The lowest BCUT2D eigenvalue weighted by molar-refractivity contribution is -0.141. The van der Waals surface area contributed by atoms with E-state index in [1.807, 2.05) is 0 Å². The second-order valence-corrected chi connectivity index (χ2v) is 5.08. The molecule has 1 atom stereocenters. The summed E-state index contributed by atoms with van der Waals surface area (Å²) in [7, 11) is 1.42. The molecule has 1 heterocycles. The van der Waals surface area contributed by atoms with Crippen molar-refractivity contribution in [2.24, 2.45) is 5.73 Å². The van der Waals surface area contributed by atoms with Gasteiger partial charge in [0.05, 0.1) is 7.11 Å². The molecule has 2 rings (SSSR count). The number of alkyl halides is 3. The molecular formula is C16H16F4N2O. The van der Waals surface area contributed by atoms with Gasteiger partial charge in [-0.2, -0.15) is 13.2 Å². The standard InChI is InChI=1S/C16H16F4N2O/c1-23-14-8-11(17)4-5-12(14)13(21)6-2-10-3-7-15(22-9-10)16(18,19)20/h3-5,7-9,13H,2,6,21H2,1H3/t13-/m0/s1. The van der Waals surface area contributed by atoms with E-state index in [2.05, 4.69) is 4.98 Å². The Morgan fingerprint density at radius 2 is 1.96 bits per heavy atom. The third-order valence-electron chi connectivity index (χ3n) is 3.45. The van der Waals surface area contributed by atoms with Crippen molar-refractivity contribution in [1.29, 1.82) is 0 Å². The van der Waals surface area contributed by atoms with E-state index in [9.17, 15) is 17.6 Å². The summed E-state index contributed by atoms with van der Waals surface area (Å²) in [5, 5.41) is 0. The van der Waals surface area contributed by atoms with E-state index in [1.54, 1.807) is 6.07 Å². The molecule has 23 heavy (non-hydrogen) atoms. The van der Waals surface area contributed by atoms with Crippen LogP contribution >= 0.6 is 0 Å². The van der Waals surface area contributed by atoms with E-state index in [0.717, 1.165) is 6.07 Å². The zero-order valence-electron chi connectivity index (χ0n) is 12.4. The lowest BCUT2D eigenvalue weighted by atomic mass is 9.99. The van der Waals surface area contributed by atoms with Gasteiger partial charge in [0.25, 0.3) is 0 Å². The van der Waals surface area contributed by atoms with Crippen LogP contribution in [0.25, 0.3) is 0 Å². The Labute approximate surface area is 131 Å². The summed E-state index contributed by atoms with van der Waals surface area (Å²) in [4.78, 5) is 3.41. The first-order valence-electron chi connectivity index (χ1n) is 6.92. The quantitative estimate of drug-likeness (QED) is 0.847. The van der Waals surface area contributed by atoms with Crippen LogP contribution in [0.4, 0.5) is 17.6 Å². The van der Waals surface area contributed by atoms with Crippen molar-refractivity contribution in [3.05, 3.63) is 59.2 Å². The fourth-order valence-electron chi connectivity index (χ4n) is 2.21. The molecule has 0 fully saturated rings. The lowest BCUT2D eigenvalue weighted by Gasteiger charge is -2.16.